The largest absolute Gasteiger partial charge is 0.0651 e. The first-order chi connectivity index (χ1) is 6.51. The summed E-state index contributed by atoms with van der Waals surface area (Å²) in [6.07, 6.45) is 5.57. The van der Waals surface area contributed by atoms with Gasteiger partial charge in [-0.15, -0.1) is 0 Å². The molecule has 3 atom stereocenters. The quantitative estimate of drug-likeness (QED) is 0.532. The van der Waals surface area contributed by atoms with Crippen molar-refractivity contribution in [2.45, 2.75) is 67.2 Å². The molecule has 0 saturated carbocycles. The standard InChI is InChI=1S/C14H30/c1-7-12(5)9-14(8-2)10-13(6)11(3)4/h11-14H,7-10H2,1-6H3. The minimum Gasteiger partial charge on any atom is -0.0651 e. The predicted octanol–water partition coefficient (Wildman–Crippen LogP) is 5.13. The average molecular weight is 198 g/mol. The molecule has 0 aromatic rings. The van der Waals surface area contributed by atoms with Crippen molar-refractivity contribution in [3.8, 4) is 0 Å². The molecule has 0 aliphatic heterocycles. The van der Waals surface area contributed by atoms with Gasteiger partial charge in [-0.3, -0.25) is 0 Å². The van der Waals surface area contributed by atoms with Crippen LogP contribution in [0.1, 0.15) is 67.2 Å². The van der Waals surface area contributed by atoms with Gasteiger partial charge in [-0.25, -0.2) is 0 Å². The lowest BCUT2D eigenvalue weighted by Crippen LogP contribution is -2.13. The molecule has 0 aliphatic rings. The van der Waals surface area contributed by atoms with Gasteiger partial charge < -0.3 is 0 Å². The van der Waals surface area contributed by atoms with E-state index < -0.39 is 0 Å². The smallest absolute Gasteiger partial charge is 0.0412 e. The van der Waals surface area contributed by atoms with Gasteiger partial charge in [-0.05, 0) is 36.5 Å². The fourth-order valence-corrected chi connectivity index (χ4v) is 1.96. The van der Waals surface area contributed by atoms with Crippen molar-refractivity contribution in [1.82, 2.24) is 0 Å². The molecule has 0 aromatic heterocycles. The van der Waals surface area contributed by atoms with E-state index in [-0.39, 0.29) is 0 Å². The van der Waals surface area contributed by atoms with Crippen molar-refractivity contribution in [2.24, 2.45) is 23.7 Å². The lowest BCUT2D eigenvalue weighted by Gasteiger charge is -2.24. The topological polar surface area (TPSA) is 0 Å². The van der Waals surface area contributed by atoms with Crippen LogP contribution < -0.4 is 0 Å². The highest BCUT2D eigenvalue weighted by molar-refractivity contribution is 4.67. The van der Waals surface area contributed by atoms with Crippen LogP contribution in [0.15, 0.2) is 0 Å². The fraction of sp³-hybridized carbons (Fsp3) is 1.00. The van der Waals surface area contributed by atoms with Crippen LogP contribution in [0.5, 0.6) is 0 Å². The predicted molar refractivity (Wildman–Crippen MR) is 66.5 cm³/mol. The van der Waals surface area contributed by atoms with E-state index in [1.165, 1.54) is 25.7 Å². The molecule has 86 valence electrons. The van der Waals surface area contributed by atoms with Crippen LogP contribution in [0.25, 0.3) is 0 Å². The zero-order valence-electron chi connectivity index (χ0n) is 11.1. The Balaban J connectivity index is 3.89. The molecule has 0 aromatic carbocycles. The molecule has 14 heavy (non-hydrogen) atoms. The fourth-order valence-electron chi connectivity index (χ4n) is 1.96. The lowest BCUT2D eigenvalue weighted by atomic mass is 9.82. The Morgan fingerprint density at radius 2 is 1.36 bits per heavy atom. The molecule has 0 amide bonds. The summed E-state index contributed by atoms with van der Waals surface area (Å²) in [5.74, 6) is 3.62. The lowest BCUT2D eigenvalue weighted by molar-refractivity contribution is 0.272. The normalized spacial score (nSPS) is 18.2. The molecule has 0 fully saturated rings. The Hall–Kier alpha value is 0. The third-order valence-electron chi connectivity index (χ3n) is 3.85. The van der Waals surface area contributed by atoms with Gasteiger partial charge in [0.15, 0.2) is 0 Å². The van der Waals surface area contributed by atoms with E-state index in [4.69, 9.17) is 0 Å². The van der Waals surface area contributed by atoms with Crippen LogP contribution in [0.4, 0.5) is 0 Å². The Morgan fingerprint density at radius 3 is 1.71 bits per heavy atom. The Kier molecular flexibility index (Phi) is 7.31. The van der Waals surface area contributed by atoms with Crippen molar-refractivity contribution in [2.75, 3.05) is 0 Å². The molecule has 0 spiro atoms. The summed E-state index contributed by atoms with van der Waals surface area (Å²) in [6, 6.07) is 0. The summed E-state index contributed by atoms with van der Waals surface area (Å²) in [5, 5.41) is 0. The highest BCUT2D eigenvalue weighted by atomic mass is 14.2. The van der Waals surface area contributed by atoms with E-state index in [2.05, 4.69) is 41.5 Å². The van der Waals surface area contributed by atoms with Gasteiger partial charge >= 0.3 is 0 Å². The second-order valence-corrected chi connectivity index (χ2v) is 5.48. The van der Waals surface area contributed by atoms with E-state index in [1.54, 1.807) is 0 Å². The van der Waals surface area contributed by atoms with Crippen molar-refractivity contribution < 1.29 is 0 Å². The second-order valence-electron chi connectivity index (χ2n) is 5.48. The zero-order chi connectivity index (χ0) is 11.1. The Labute approximate surface area is 91.5 Å². The third kappa shape index (κ3) is 5.67. The number of hydrogen-bond acceptors (Lipinski definition) is 0. The van der Waals surface area contributed by atoms with E-state index in [9.17, 15) is 0 Å². The third-order valence-corrected chi connectivity index (χ3v) is 3.85. The summed E-state index contributed by atoms with van der Waals surface area (Å²) in [7, 11) is 0. The molecule has 0 heterocycles. The monoisotopic (exact) mass is 198 g/mol. The van der Waals surface area contributed by atoms with Gasteiger partial charge in [-0.1, -0.05) is 54.4 Å². The van der Waals surface area contributed by atoms with Gasteiger partial charge in [0.25, 0.3) is 0 Å². The molecular weight excluding hydrogens is 168 g/mol. The SMILES string of the molecule is CCC(C)CC(CC)CC(C)C(C)C. The molecule has 0 bridgehead atoms. The van der Waals surface area contributed by atoms with Gasteiger partial charge in [0.2, 0.25) is 0 Å². The van der Waals surface area contributed by atoms with E-state index in [0.29, 0.717) is 0 Å². The maximum atomic E-state index is 2.41. The Morgan fingerprint density at radius 1 is 0.786 bits per heavy atom. The van der Waals surface area contributed by atoms with E-state index >= 15 is 0 Å². The highest BCUT2D eigenvalue weighted by Gasteiger charge is 2.16. The van der Waals surface area contributed by atoms with Crippen LogP contribution >= 0.6 is 0 Å². The van der Waals surface area contributed by atoms with Crippen molar-refractivity contribution in [1.29, 1.82) is 0 Å². The molecule has 0 nitrogen and oxygen atoms in total. The van der Waals surface area contributed by atoms with Crippen molar-refractivity contribution >= 4 is 0 Å². The van der Waals surface area contributed by atoms with Crippen LogP contribution in [0.3, 0.4) is 0 Å². The van der Waals surface area contributed by atoms with Crippen LogP contribution in [-0.2, 0) is 0 Å². The van der Waals surface area contributed by atoms with Gasteiger partial charge in [0.1, 0.15) is 0 Å². The zero-order valence-corrected chi connectivity index (χ0v) is 11.1. The number of hydrogen-bond donors (Lipinski definition) is 0. The summed E-state index contributed by atoms with van der Waals surface area (Å²) in [5.41, 5.74) is 0. The van der Waals surface area contributed by atoms with E-state index in [1.807, 2.05) is 0 Å². The van der Waals surface area contributed by atoms with Crippen molar-refractivity contribution in [3.05, 3.63) is 0 Å². The highest BCUT2D eigenvalue weighted by Crippen LogP contribution is 2.27. The maximum absolute atomic E-state index is 2.41. The molecular formula is C14H30. The first kappa shape index (κ1) is 14.0. The second kappa shape index (κ2) is 7.31. The summed E-state index contributed by atoms with van der Waals surface area (Å²) in [4.78, 5) is 0. The molecule has 0 saturated heterocycles. The first-order valence-electron chi connectivity index (χ1n) is 6.51. The van der Waals surface area contributed by atoms with Gasteiger partial charge in [0, 0.05) is 0 Å². The van der Waals surface area contributed by atoms with Crippen molar-refractivity contribution in [3.63, 3.8) is 0 Å². The number of rotatable bonds is 7. The minimum atomic E-state index is 0.848. The molecule has 0 radical (unpaired) electrons. The minimum absolute atomic E-state index is 0.848. The first-order valence-corrected chi connectivity index (χ1v) is 6.51. The van der Waals surface area contributed by atoms with Crippen LogP contribution in [-0.4, -0.2) is 0 Å². The average Bonchev–Trinajstić information content (AvgIpc) is 2.16. The van der Waals surface area contributed by atoms with E-state index in [0.717, 1.165) is 23.7 Å². The molecule has 0 aliphatic carbocycles. The van der Waals surface area contributed by atoms with Crippen LogP contribution in [0, 0.1) is 23.7 Å². The maximum Gasteiger partial charge on any atom is -0.0412 e. The van der Waals surface area contributed by atoms with Crippen LogP contribution in [0.2, 0.25) is 0 Å². The molecule has 0 N–H and O–H groups in total. The summed E-state index contributed by atoms with van der Waals surface area (Å²) in [6.45, 7) is 14.2. The van der Waals surface area contributed by atoms with Gasteiger partial charge in [0.05, 0.1) is 0 Å². The molecule has 3 unspecified atom stereocenters. The molecule has 0 rings (SSSR count). The molecule has 0 heteroatoms. The Bertz CT molecular complexity index is 126. The summed E-state index contributed by atoms with van der Waals surface area (Å²) < 4.78 is 0. The summed E-state index contributed by atoms with van der Waals surface area (Å²) >= 11 is 0. The van der Waals surface area contributed by atoms with Gasteiger partial charge in [-0.2, -0.15) is 0 Å².